The van der Waals surface area contributed by atoms with E-state index in [0.717, 1.165) is 24.5 Å². The zero-order valence-corrected chi connectivity index (χ0v) is 8.11. The van der Waals surface area contributed by atoms with Crippen molar-refractivity contribution in [3.63, 3.8) is 0 Å². The van der Waals surface area contributed by atoms with Crippen LogP contribution in [0.2, 0.25) is 0 Å². The van der Waals surface area contributed by atoms with Crippen molar-refractivity contribution in [3.8, 4) is 0 Å². The first-order chi connectivity index (χ1) is 6.88. The van der Waals surface area contributed by atoms with Crippen molar-refractivity contribution in [1.29, 1.82) is 0 Å². The normalized spacial score (nSPS) is 19.1. The first-order valence-corrected chi connectivity index (χ1v) is 4.78. The average Bonchev–Trinajstić information content (AvgIpc) is 2.30. The lowest BCUT2D eigenvalue weighted by molar-refractivity contribution is 0.513. The van der Waals surface area contributed by atoms with E-state index in [1.165, 1.54) is 0 Å². The first kappa shape index (κ1) is 8.88. The maximum absolute atomic E-state index is 4.08. The molecule has 2 nitrogen and oxygen atoms in total. The van der Waals surface area contributed by atoms with E-state index in [2.05, 4.69) is 41.1 Å². The van der Waals surface area contributed by atoms with E-state index in [9.17, 15) is 0 Å². The predicted molar refractivity (Wildman–Crippen MR) is 59.4 cm³/mol. The summed E-state index contributed by atoms with van der Waals surface area (Å²) in [6.45, 7) is 5.87. The number of hydrogen-bond acceptors (Lipinski definition) is 2. The fraction of sp³-hybridized carbons (Fsp3) is 0.167. The molecule has 0 aromatic heterocycles. The predicted octanol–water partition coefficient (Wildman–Crippen LogP) is 1.93. The highest BCUT2D eigenvalue weighted by atomic mass is 15.1. The zero-order chi connectivity index (χ0) is 9.80. The van der Waals surface area contributed by atoms with Crippen LogP contribution in [0.3, 0.4) is 0 Å². The average molecular weight is 186 g/mol. The van der Waals surface area contributed by atoms with Gasteiger partial charge in [0.1, 0.15) is 0 Å². The lowest BCUT2D eigenvalue weighted by Crippen LogP contribution is -2.26. The van der Waals surface area contributed by atoms with Crippen molar-refractivity contribution >= 4 is 0 Å². The Morgan fingerprint density at radius 1 is 1.29 bits per heavy atom. The van der Waals surface area contributed by atoms with E-state index >= 15 is 0 Å². The molecule has 2 heterocycles. The van der Waals surface area contributed by atoms with Gasteiger partial charge in [-0.15, -0.1) is 0 Å². The fourth-order valence-electron chi connectivity index (χ4n) is 1.48. The highest BCUT2D eigenvalue weighted by Gasteiger charge is 2.09. The van der Waals surface area contributed by atoms with Crippen LogP contribution in [0.4, 0.5) is 0 Å². The Morgan fingerprint density at radius 3 is 2.86 bits per heavy atom. The van der Waals surface area contributed by atoms with E-state index in [4.69, 9.17) is 0 Å². The Labute approximate surface area is 84.6 Å². The molecule has 72 valence electrons. The number of hydrogen-bond donors (Lipinski definition) is 1. The summed E-state index contributed by atoms with van der Waals surface area (Å²) in [7, 11) is 0. The van der Waals surface area contributed by atoms with Gasteiger partial charge >= 0.3 is 0 Å². The molecule has 0 saturated heterocycles. The van der Waals surface area contributed by atoms with Crippen molar-refractivity contribution in [2.24, 2.45) is 0 Å². The minimum Gasteiger partial charge on any atom is -0.380 e. The monoisotopic (exact) mass is 186 g/mol. The second-order valence-corrected chi connectivity index (χ2v) is 3.26. The smallest absolute Gasteiger partial charge is 0.0577 e. The van der Waals surface area contributed by atoms with Crippen LogP contribution in [0.15, 0.2) is 60.6 Å². The van der Waals surface area contributed by atoms with Crippen molar-refractivity contribution < 1.29 is 0 Å². The molecule has 14 heavy (non-hydrogen) atoms. The van der Waals surface area contributed by atoms with Crippen LogP contribution < -0.4 is 5.32 Å². The molecule has 0 fully saturated rings. The van der Waals surface area contributed by atoms with Gasteiger partial charge in [-0.25, -0.2) is 0 Å². The molecule has 0 aromatic rings. The summed E-state index contributed by atoms with van der Waals surface area (Å²) in [5, 5.41) is 3.29. The van der Waals surface area contributed by atoms with Gasteiger partial charge in [-0.05, 0) is 12.2 Å². The van der Waals surface area contributed by atoms with Gasteiger partial charge in [-0.2, -0.15) is 0 Å². The Bertz CT molecular complexity index is 345. The summed E-state index contributed by atoms with van der Waals surface area (Å²) in [5.41, 5.74) is 2.13. The molecule has 1 N–H and O–H groups in total. The number of nitrogens with one attached hydrogen (secondary N) is 1. The second kappa shape index (κ2) is 4.01. The Kier molecular flexibility index (Phi) is 2.54. The van der Waals surface area contributed by atoms with Crippen LogP contribution in [-0.4, -0.2) is 18.0 Å². The van der Waals surface area contributed by atoms with Gasteiger partial charge in [0.2, 0.25) is 0 Å². The van der Waals surface area contributed by atoms with E-state index < -0.39 is 0 Å². The molecule has 2 aliphatic rings. The van der Waals surface area contributed by atoms with E-state index in [1.807, 2.05) is 18.4 Å². The molecule has 2 heteroatoms. The minimum atomic E-state index is 0.887. The van der Waals surface area contributed by atoms with Gasteiger partial charge in [-0.1, -0.05) is 30.9 Å². The molecule has 0 saturated carbocycles. The third-order valence-electron chi connectivity index (χ3n) is 2.28. The van der Waals surface area contributed by atoms with Gasteiger partial charge in [0.25, 0.3) is 0 Å². The number of nitrogens with zero attached hydrogens (tertiary/aromatic N) is 1. The maximum Gasteiger partial charge on any atom is 0.0577 e. The number of rotatable bonds is 2. The lowest BCUT2D eigenvalue weighted by atomic mass is 10.2. The summed E-state index contributed by atoms with van der Waals surface area (Å²) in [5.74, 6) is 0. The molecule has 0 bridgehead atoms. The third kappa shape index (κ3) is 1.79. The largest absolute Gasteiger partial charge is 0.380 e. The number of dihydropyridines is 1. The van der Waals surface area contributed by atoms with Crippen molar-refractivity contribution in [2.75, 3.05) is 13.1 Å². The molecular formula is C12H14N2. The summed E-state index contributed by atoms with van der Waals surface area (Å²) >= 11 is 0. The van der Waals surface area contributed by atoms with Crippen LogP contribution in [-0.2, 0) is 0 Å². The summed E-state index contributed by atoms with van der Waals surface area (Å²) in [6.07, 6.45) is 14.4. The van der Waals surface area contributed by atoms with Crippen LogP contribution in [0.1, 0.15) is 0 Å². The molecule has 0 aliphatic carbocycles. The quantitative estimate of drug-likeness (QED) is 0.709. The van der Waals surface area contributed by atoms with Crippen LogP contribution in [0.5, 0.6) is 0 Å². The van der Waals surface area contributed by atoms with Crippen molar-refractivity contribution in [3.05, 3.63) is 60.6 Å². The molecule has 0 radical (unpaired) electrons. The third-order valence-corrected chi connectivity index (χ3v) is 2.28. The van der Waals surface area contributed by atoms with Gasteiger partial charge in [0, 0.05) is 19.3 Å². The maximum atomic E-state index is 4.08. The van der Waals surface area contributed by atoms with Crippen LogP contribution in [0.25, 0.3) is 0 Å². The molecule has 0 spiro atoms. The summed E-state index contributed by atoms with van der Waals surface area (Å²) in [4.78, 5) is 2.12. The van der Waals surface area contributed by atoms with E-state index in [-0.39, 0.29) is 0 Å². The highest BCUT2D eigenvalue weighted by Crippen LogP contribution is 2.15. The zero-order valence-electron chi connectivity index (χ0n) is 8.11. The molecule has 0 amide bonds. The Hall–Kier alpha value is -1.70. The molecule has 2 aliphatic heterocycles. The first-order valence-electron chi connectivity index (χ1n) is 4.78. The van der Waals surface area contributed by atoms with Gasteiger partial charge in [-0.3, -0.25) is 0 Å². The van der Waals surface area contributed by atoms with Gasteiger partial charge in [0.15, 0.2) is 0 Å². The van der Waals surface area contributed by atoms with Crippen molar-refractivity contribution in [1.82, 2.24) is 10.2 Å². The summed E-state index contributed by atoms with van der Waals surface area (Å²) < 4.78 is 0. The minimum absolute atomic E-state index is 0.887. The highest BCUT2D eigenvalue weighted by molar-refractivity contribution is 5.34. The fourth-order valence-corrected chi connectivity index (χ4v) is 1.48. The Balaban J connectivity index is 2.07. The van der Waals surface area contributed by atoms with Crippen LogP contribution >= 0.6 is 0 Å². The molecule has 2 rings (SSSR count). The van der Waals surface area contributed by atoms with Gasteiger partial charge in [0.05, 0.1) is 11.4 Å². The molecule has 0 aromatic carbocycles. The van der Waals surface area contributed by atoms with Crippen LogP contribution in [0, 0.1) is 0 Å². The topological polar surface area (TPSA) is 15.3 Å². The summed E-state index contributed by atoms with van der Waals surface area (Å²) in [6, 6.07) is 0. The molecule has 0 atom stereocenters. The molecule has 0 unspecified atom stereocenters. The van der Waals surface area contributed by atoms with E-state index in [1.54, 1.807) is 0 Å². The standard InChI is InChI=1S/C12H14N2/c1-11(12-7-3-4-8-13-12)14-9-5-2-6-10-14/h2-7,9,13H,1,8,10H2. The van der Waals surface area contributed by atoms with Gasteiger partial charge < -0.3 is 10.2 Å². The number of allylic oxidation sites excluding steroid dienone is 4. The van der Waals surface area contributed by atoms with E-state index in [0.29, 0.717) is 0 Å². The SMILES string of the molecule is C=C(C1=CC=CCN1)N1C=CC=CC1. The molecular weight excluding hydrogens is 172 g/mol. The van der Waals surface area contributed by atoms with Crippen molar-refractivity contribution in [2.45, 2.75) is 0 Å². The lowest BCUT2D eigenvalue weighted by Gasteiger charge is -2.26. The Morgan fingerprint density at radius 2 is 2.21 bits per heavy atom. The second-order valence-electron chi connectivity index (χ2n) is 3.26.